The van der Waals surface area contributed by atoms with Crippen LogP contribution in [0.5, 0.6) is 0 Å². The van der Waals surface area contributed by atoms with Crippen molar-refractivity contribution in [1.82, 2.24) is 18.7 Å². The maximum Gasteiger partial charge on any atom is 0.214 e. The molecule has 0 aliphatic heterocycles. The molecule has 0 atom stereocenters. The van der Waals surface area contributed by atoms with Crippen LogP contribution in [0.3, 0.4) is 0 Å². The van der Waals surface area contributed by atoms with Crippen LogP contribution in [0.25, 0.3) is 16.0 Å². The Morgan fingerprint density at radius 1 is 1.22 bits per heavy atom. The topological polar surface area (TPSA) is 33.4 Å². The molecule has 2 aromatic heterocycles. The van der Waals surface area contributed by atoms with Gasteiger partial charge in [0.15, 0.2) is 0 Å². The number of fused-ring (bicyclic) bond motifs is 3. The fourth-order valence-electron chi connectivity index (χ4n) is 2.20. The van der Waals surface area contributed by atoms with E-state index >= 15 is 0 Å². The summed E-state index contributed by atoms with van der Waals surface area (Å²) in [4.78, 5) is 7.94. The van der Waals surface area contributed by atoms with E-state index in [1.54, 1.807) is 0 Å². The predicted octanol–water partition coefficient (Wildman–Crippen LogP) is 2.79. The highest BCUT2D eigenvalue weighted by Crippen LogP contribution is 2.21. The van der Waals surface area contributed by atoms with Crippen LogP contribution in [0, 0.1) is 0 Å². The maximum atomic E-state index is 4.60. The third-order valence-electron chi connectivity index (χ3n) is 3.28. The van der Waals surface area contributed by atoms with Crippen LogP contribution in [-0.2, 0) is 6.54 Å². The molecule has 4 nitrogen and oxygen atoms in total. The molecule has 0 amide bonds. The molecule has 0 spiro atoms. The van der Waals surface area contributed by atoms with Gasteiger partial charge in [0, 0.05) is 11.5 Å². The summed E-state index contributed by atoms with van der Waals surface area (Å²) in [5.41, 5.74) is 2.20. The molecule has 0 radical (unpaired) electrons. The lowest BCUT2D eigenvalue weighted by atomic mass is 10.3. The second kappa shape index (κ2) is 4.66. The first kappa shape index (κ1) is 11.6. The summed E-state index contributed by atoms with van der Waals surface area (Å²) >= 11 is 1.48. The minimum absolute atomic E-state index is 0.882. The van der Waals surface area contributed by atoms with Gasteiger partial charge in [-0.3, -0.25) is 9.30 Å². The summed E-state index contributed by atoms with van der Waals surface area (Å²) in [6.45, 7) is 7.33. The molecule has 0 aliphatic carbocycles. The monoisotopic (exact) mass is 260 g/mol. The van der Waals surface area contributed by atoms with Gasteiger partial charge in [0.25, 0.3) is 0 Å². The minimum atomic E-state index is 0.882. The summed E-state index contributed by atoms with van der Waals surface area (Å²) in [6, 6.07) is 8.23. The van der Waals surface area contributed by atoms with Crippen LogP contribution in [-0.4, -0.2) is 31.7 Å². The standard InChI is InChI=1S/C13H16N4S/c1-3-16(4-2)9-12-15-18-13-14-10-7-5-6-8-11(10)17(12)13/h5-8H,3-4,9H2,1-2H3. The number of hydrogen-bond acceptors (Lipinski definition) is 4. The number of imidazole rings is 1. The Hall–Kier alpha value is -1.46. The van der Waals surface area contributed by atoms with Gasteiger partial charge in [-0.1, -0.05) is 26.0 Å². The number of hydrogen-bond donors (Lipinski definition) is 0. The van der Waals surface area contributed by atoms with Gasteiger partial charge in [0.2, 0.25) is 4.96 Å². The van der Waals surface area contributed by atoms with Crippen molar-refractivity contribution in [3.8, 4) is 0 Å². The van der Waals surface area contributed by atoms with E-state index < -0.39 is 0 Å². The van der Waals surface area contributed by atoms with E-state index in [2.05, 4.69) is 50.7 Å². The summed E-state index contributed by atoms with van der Waals surface area (Å²) in [5, 5.41) is 0. The van der Waals surface area contributed by atoms with Crippen LogP contribution in [0.15, 0.2) is 24.3 Å². The van der Waals surface area contributed by atoms with Gasteiger partial charge < -0.3 is 0 Å². The third kappa shape index (κ3) is 1.79. The highest BCUT2D eigenvalue weighted by molar-refractivity contribution is 7.11. The van der Waals surface area contributed by atoms with Gasteiger partial charge in [-0.25, -0.2) is 4.98 Å². The van der Waals surface area contributed by atoms with Crippen molar-refractivity contribution in [2.45, 2.75) is 20.4 Å². The second-order valence-electron chi connectivity index (χ2n) is 4.28. The Morgan fingerprint density at radius 3 is 2.78 bits per heavy atom. The Labute approximate surface area is 110 Å². The van der Waals surface area contributed by atoms with Crippen molar-refractivity contribution in [3.63, 3.8) is 0 Å². The average Bonchev–Trinajstić information content (AvgIpc) is 2.95. The largest absolute Gasteiger partial charge is 0.297 e. The Balaban J connectivity index is 2.12. The highest BCUT2D eigenvalue weighted by Gasteiger charge is 2.13. The van der Waals surface area contributed by atoms with Gasteiger partial charge in [-0.05, 0) is 25.2 Å². The molecule has 1 aromatic carbocycles. The number of para-hydroxylation sites is 2. The van der Waals surface area contributed by atoms with E-state index in [1.165, 1.54) is 11.5 Å². The molecule has 0 bridgehead atoms. The maximum absolute atomic E-state index is 4.60. The molecular weight excluding hydrogens is 244 g/mol. The number of aromatic nitrogens is 3. The summed E-state index contributed by atoms with van der Waals surface area (Å²) in [5.74, 6) is 1.09. The van der Waals surface area contributed by atoms with Gasteiger partial charge >= 0.3 is 0 Å². The zero-order chi connectivity index (χ0) is 12.5. The van der Waals surface area contributed by atoms with Gasteiger partial charge in [-0.15, -0.1) is 0 Å². The van der Waals surface area contributed by atoms with E-state index in [1.807, 2.05) is 6.07 Å². The number of benzene rings is 1. The minimum Gasteiger partial charge on any atom is -0.297 e. The molecule has 0 aliphatic rings. The Bertz CT molecular complexity index is 666. The molecule has 5 heteroatoms. The molecule has 0 fully saturated rings. The van der Waals surface area contributed by atoms with Gasteiger partial charge in [0.05, 0.1) is 17.6 Å². The second-order valence-corrected chi connectivity index (χ2v) is 5.01. The Morgan fingerprint density at radius 2 is 2.00 bits per heavy atom. The number of nitrogens with zero attached hydrogens (tertiary/aromatic N) is 4. The van der Waals surface area contributed by atoms with E-state index in [9.17, 15) is 0 Å². The zero-order valence-corrected chi connectivity index (χ0v) is 11.4. The quantitative estimate of drug-likeness (QED) is 0.723. The van der Waals surface area contributed by atoms with Crippen molar-refractivity contribution in [1.29, 1.82) is 0 Å². The summed E-state index contributed by atoms with van der Waals surface area (Å²) in [7, 11) is 0. The lowest BCUT2D eigenvalue weighted by Crippen LogP contribution is -2.23. The molecule has 3 aromatic rings. The van der Waals surface area contributed by atoms with E-state index in [0.29, 0.717) is 0 Å². The van der Waals surface area contributed by atoms with Crippen LogP contribution in [0.4, 0.5) is 0 Å². The van der Waals surface area contributed by atoms with Crippen molar-refractivity contribution in [3.05, 3.63) is 30.1 Å². The van der Waals surface area contributed by atoms with E-state index in [-0.39, 0.29) is 0 Å². The van der Waals surface area contributed by atoms with Crippen molar-refractivity contribution in [2.24, 2.45) is 0 Å². The molecule has 2 heterocycles. The average molecular weight is 260 g/mol. The van der Waals surface area contributed by atoms with Crippen LogP contribution in [0.2, 0.25) is 0 Å². The van der Waals surface area contributed by atoms with Crippen LogP contribution < -0.4 is 0 Å². The number of rotatable bonds is 4. The first-order chi connectivity index (χ1) is 8.83. The predicted molar refractivity (Wildman–Crippen MR) is 75.0 cm³/mol. The van der Waals surface area contributed by atoms with Crippen molar-refractivity contribution < 1.29 is 0 Å². The first-order valence-electron chi connectivity index (χ1n) is 6.27. The SMILES string of the molecule is CCN(CC)Cc1nsc2nc3ccccc3n12. The molecule has 94 valence electrons. The fraction of sp³-hybridized carbons (Fsp3) is 0.385. The van der Waals surface area contributed by atoms with Gasteiger partial charge in [-0.2, -0.15) is 4.37 Å². The molecule has 18 heavy (non-hydrogen) atoms. The molecular formula is C13H16N4S. The molecule has 0 saturated heterocycles. The van der Waals surface area contributed by atoms with E-state index in [0.717, 1.165) is 41.5 Å². The Kier molecular flexibility index (Phi) is 3.01. The third-order valence-corrected chi connectivity index (χ3v) is 4.02. The first-order valence-corrected chi connectivity index (χ1v) is 7.05. The molecule has 0 unspecified atom stereocenters. The highest BCUT2D eigenvalue weighted by atomic mass is 32.1. The summed E-state index contributed by atoms with van der Waals surface area (Å²) < 4.78 is 6.72. The van der Waals surface area contributed by atoms with Crippen molar-refractivity contribution in [2.75, 3.05) is 13.1 Å². The normalized spacial score (nSPS) is 11.9. The smallest absolute Gasteiger partial charge is 0.214 e. The molecule has 0 saturated carbocycles. The lowest BCUT2D eigenvalue weighted by molar-refractivity contribution is 0.288. The molecule has 3 rings (SSSR count). The van der Waals surface area contributed by atoms with Crippen LogP contribution in [0.1, 0.15) is 19.7 Å². The summed E-state index contributed by atoms with van der Waals surface area (Å²) in [6.07, 6.45) is 0. The van der Waals surface area contributed by atoms with Gasteiger partial charge in [0.1, 0.15) is 5.82 Å². The fourth-order valence-corrected chi connectivity index (χ4v) is 2.95. The molecule has 0 N–H and O–H groups in total. The van der Waals surface area contributed by atoms with Crippen molar-refractivity contribution >= 4 is 27.5 Å². The van der Waals surface area contributed by atoms with Crippen LogP contribution >= 0.6 is 11.5 Å². The zero-order valence-electron chi connectivity index (χ0n) is 10.6. The lowest BCUT2D eigenvalue weighted by Gasteiger charge is -2.16. The van der Waals surface area contributed by atoms with E-state index in [4.69, 9.17) is 0 Å².